The van der Waals surface area contributed by atoms with Gasteiger partial charge in [-0.3, -0.25) is 14.9 Å². The fraction of sp³-hybridized carbons (Fsp3) is 0.500. The Morgan fingerprint density at radius 1 is 1.31 bits per heavy atom. The van der Waals surface area contributed by atoms with Crippen molar-refractivity contribution in [3.8, 4) is 11.4 Å². The molecule has 0 aliphatic heterocycles. The van der Waals surface area contributed by atoms with Crippen molar-refractivity contribution in [3.05, 3.63) is 40.3 Å². The Kier molecular flexibility index (Phi) is 6.43. The Morgan fingerprint density at radius 2 is 2.04 bits per heavy atom. The molecule has 0 fully saturated rings. The van der Waals surface area contributed by atoms with E-state index in [1.807, 2.05) is 27.7 Å². The smallest absolute Gasteiger partial charge is 0.270 e. The topological polar surface area (TPSA) is 102 Å². The summed E-state index contributed by atoms with van der Waals surface area (Å²) in [6.45, 7) is 8.46. The highest BCUT2D eigenvalue weighted by Crippen LogP contribution is 2.21. The molecule has 26 heavy (non-hydrogen) atoms. The number of hydrogen-bond donors (Lipinski definition) is 0. The summed E-state index contributed by atoms with van der Waals surface area (Å²) in [4.78, 5) is 28.8. The Bertz CT molecular complexity index is 770. The maximum absolute atomic E-state index is 12.3. The quantitative estimate of drug-likeness (QED) is 0.527. The number of carbonyl (C=O) groups is 1. The molecule has 8 nitrogen and oxygen atoms in total. The summed E-state index contributed by atoms with van der Waals surface area (Å²) < 4.78 is 5.24. The maximum atomic E-state index is 12.3. The van der Waals surface area contributed by atoms with E-state index in [2.05, 4.69) is 10.1 Å². The zero-order valence-corrected chi connectivity index (χ0v) is 15.5. The number of rotatable bonds is 8. The SMILES string of the molecule is CC(C)CC(=O)N(CCc1nc(-c2cccc([N+](=O)[O-])c2)no1)C(C)C. The molecule has 0 radical (unpaired) electrons. The second-order valence-corrected chi connectivity index (χ2v) is 6.85. The summed E-state index contributed by atoms with van der Waals surface area (Å²) >= 11 is 0. The molecule has 0 saturated heterocycles. The zero-order chi connectivity index (χ0) is 19.3. The first kappa shape index (κ1) is 19.6. The van der Waals surface area contributed by atoms with Crippen molar-refractivity contribution in [2.45, 2.75) is 46.6 Å². The van der Waals surface area contributed by atoms with Crippen molar-refractivity contribution in [2.24, 2.45) is 5.92 Å². The molecule has 2 aromatic rings. The predicted octanol–water partition coefficient (Wildman–Crippen LogP) is 3.47. The van der Waals surface area contributed by atoms with Crippen LogP contribution in [0.15, 0.2) is 28.8 Å². The van der Waals surface area contributed by atoms with E-state index < -0.39 is 4.92 Å². The van der Waals surface area contributed by atoms with E-state index in [-0.39, 0.29) is 17.6 Å². The fourth-order valence-corrected chi connectivity index (χ4v) is 2.59. The number of benzene rings is 1. The van der Waals surface area contributed by atoms with Gasteiger partial charge >= 0.3 is 0 Å². The summed E-state index contributed by atoms with van der Waals surface area (Å²) in [5.74, 6) is 1.10. The van der Waals surface area contributed by atoms with Crippen LogP contribution in [0.3, 0.4) is 0 Å². The van der Waals surface area contributed by atoms with Gasteiger partial charge in [-0.15, -0.1) is 0 Å². The van der Waals surface area contributed by atoms with Crippen LogP contribution in [0.25, 0.3) is 11.4 Å². The van der Waals surface area contributed by atoms with E-state index in [9.17, 15) is 14.9 Å². The summed E-state index contributed by atoms with van der Waals surface area (Å²) in [5, 5.41) is 14.8. The lowest BCUT2D eigenvalue weighted by atomic mass is 10.1. The zero-order valence-electron chi connectivity index (χ0n) is 15.5. The van der Waals surface area contributed by atoms with Gasteiger partial charge in [-0.05, 0) is 19.8 Å². The summed E-state index contributed by atoms with van der Waals surface area (Å²) in [7, 11) is 0. The lowest BCUT2D eigenvalue weighted by Crippen LogP contribution is -2.39. The molecule has 0 N–H and O–H groups in total. The number of nitro benzene ring substituents is 1. The molecule has 0 atom stereocenters. The van der Waals surface area contributed by atoms with E-state index in [1.54, 1.807) is 17.0 Å². The van der Waals surface area contributed by atoms with Gasteiger partial charge in [0.25, 0.3) is 5.69 Å². The van der Waals surface area contributed by atoms with E-state index >= 15 is 0 Å². The van der Waals surface area contributed by atoms with Crippen molar-refractivity contribution in [1.82, 2.24) is 15.0 Å². The number of aromatic nitrogens is 2. The molecule has 2 rings (SSSR count). The minimum Gasteiger partial charge on any atom is -0.340 e. The average molecular weight is 360 g/mol. The second kappa shape index (κ2) is 8.55. The number of amides is 1. The number of carbonyl (C=O) groups excluding carboxylic acids is 1. The number of nitrogens with zero attached hydrogens (tertiary/aromatic N) is 4. The molecule has 0 bridgehead atoms. The first-order chi connectivity index (χ1) is 12.3. The van der Waals surface area contributed by atoms with Gasteiger partial charge in [0, 0.05) is 43.1 Å². The molecule has 0 aliphatic carbocycles. The molecule has 1 aromatic heterocycles. The van der Waals surface area contributed by atoms with Crippen LogP contribution in [-0.4, -0.2) is 38.5 Å². The van der Waals surface area contributed by atoms with E-state index in [1.165, 1.54) is 12.1 Å². The van der Waals surface area contributed by atoms with E-state index in [4.69, 9.17) is 4.52 Å². The molecule has 140 valence electrons. The minimum absolute atomic E-state index is 0.0286. The average Bonchev–Trinajstić information content (AvgIpc) is 3.03. The molecular weight excluding hydrogens is 336 g/mol. The lowest BCUT2D eigenvalue weighted by molar-refractivity contribution is -0.384. The van der Waals surface area contributed by atoms with Gasteiger partial charge in [-0.1, -0.05) is 31.1 Å². The molecule has 0 spiro atoms. The van der Waals surface area contributed by atoms with Crippen LogP contribution >= 0.6 is 0 Å². The minimum atomic E-state index is -0.467. The van der Waals surface area contributed by atoms with Crippen molar-refractivity contribution >= 4 is 11.6 Å². The second-order valence-electron chi connectivity index (χ2n) is 6.85. The highest BCUT2D eigenvalue weighted by Gasteiger charge is 2.19. The molecule has 0 aliphatic rings. The largest absolute Gasteiger partial charge is 0.340 e. The molecule has 0 unspecified atom stereocenters. The van der Waals surface area contributed by atoms with Crippen LogP contribution in [0.2, 0.25) is 0 Å². The third-order valence-corrected chi connectivity index (χ3v) is 3.88. The van der Waals surface area contributed by atoms with Gasteiger partial charge in [0.15, 0.2) is 0 Å². The normalized spacial score (nSPS) is 11.2. The monoisotopic (exact) mass is 360 g/mol. The van der Waals surface area contributed by atoms with Crippen molar-refractivity contribution in [1.29, 1.82) is 0 Å². The van der Waals surface area contributed by atoms with E-state index in [0.29, 0.717) is 42.6 Å². The van der Waals surface area contributed by atoms with Gasteiger partial charge in [0.1, 0.15) is 0 Å². The molecule has 1 amide bonds. The number of nitro groups is 1. The number of hydrogen-bond acceptors (Lipinski definition) is 6. The van der Waals surface area contributed by atoms with Crippen LogP contribution in [0.5, 0.6) is 0 Å². The number of non-ortho nitro benzene ring substituents is 1. The van der Waals surface area contributed by atoms with Crippen LogP contribution in [-0.2, 0) is 11.2 Å². The maximum Gasteiger partial charge on any atom is 0.270 e. The van der Waals surface area contributed by atoms with E-state index in [0.717, 1.165) is 0 Å². The first-order valence-corrected chi connectivity index (χ1v) is 8.64. The van der Waals surface area contributed by atoms with Gasteiger partial charge in [-0.25, -0.2) is 0 Å². The van der Waals surface area contributed by atoms with Gasteiger partial charge in [0.2, 0.25) is 17.6 Å². The van der Waals surface area contributed by atoms with Crippen LogP contribution in [0.4, 0.5) is 5.69 Å². The van der Waals surface area contributed by atoms with Crippen molar-refractivity contribution in [3.63, 3.8) is 0 Å². The van der Waals surface area contributed by atoms with Gasteiger partial charge in [0.05, 0.1) is 4.92 Å². The molecule has 0 saturated carbocycles. The Morgan fingerprint density at radius 3 is 2.65 bits per heavy atom. The van der Waals surface area contributed by atoms with Crippen LogP contribution in [0, 0.1) is 16.0 Å². The van der Waals surface area contributed by atoms with Crippen molar-refractivity contribution < 1.29 is 14.2 Å². The standard InChI is InChI=1S/C18H24N4O4/c1-12(2)10-17(23)21(13(3)4)9-8-16-19-18(20-26-16)14-6-5-7-15(11-14)22(24)25/h5-7,11-13H,8-10H2,1-4H3. The summed E-state index contributed by atoms with van der Waals surface area (Å²) in [6.07, 6.45) is 0.935. The first-order valence-electron chi connectivity index (χ1n) is 8.64. The van der Waals surface area contributed by atoms with Crippen molar-refractivity contribution in [2.75, 3.05) is 6.54 Å². The van der Waals surface area contributed by atoms with Crippen LogP contribution < -0.4 is 0 Å². The lowest BCUT2D eigenvalue weighted by Gasteiger charge is -2.27. The highest BCUT2D eigenvalue weighted by atomic mass is 16.6. The third-order valence-electron chi connectivity index (χ3n) is 3.88. The van der Waals surface area contributed by atoms with Crippen LogP contribution in [0.1, 0.15) is 40.0 Å². The summed E-state index contributed by atoms with van der Waals surface area (Å²) in [5.41, 5.74) is 0.491. The Balaban J connectivity index is 2.06. The predicted molar refractivity (Wildman–Crippen MR) is 96.4 cm³/mol. The fourth-order valence-electron chi connectivity index (χ4n) is 2.59. The van der Waals surface area contributed by atoms with Gasteiger partial charge < -0.3 is 9.42 Å². The molecular formula is C18H24N4O4. The molecule has 1 heterocycles. The summed E-state index contributed by atoms with van der Waals surface area (Å²) in [6, 6.07) is 6.16. The van der Waals surface area contributed by atoms with Gasteiger partial charge in [-0.2, -0.15) is 4.98 Å². The Hall–Kier alpha value is -2.77. The molecule has 8 heteroatoms. The Labute approximate surface area is 152 Å². The molecule has 1 aromatic carbocycles. The third kappa shape index (κ3) is 5.11. The highest BCUT2D eigenvalue weighted by molar-refractivity contribution is 5.76.